The second-order valence-electron chi connectivity index (χ2n) is 4.20. The van der Waals surface area contributed by atoms with Crippen molar-refractivity contribution in [3.63, 3.8) is 0 Å². The highest BCUT2D eigenvalue weighted by atomic mass is 31.2. The first kappa shape index (κ1) is 19.3. The van der Waals surface area contributed by atoms with Crippen molar-refractivity contribution >= 4 is 19.3 Å². The zero-order valence-electron chi connectivity index (χ0n) is 12.7. The van der Waals surface area contributed by atoms with E-state index >= 15 is 0 Å². The van der Waals surface area contributed by atoms with E-state index in [9.17, 15) is 14.2 Å². The molecule has 20 heavy (non-hydrogen) atoms. The second kappa shape index (κ2) is 10.1. The van der Waals surface area contributed by atoms with Crippen LogP contribution in [0.3, 0.4) is 0 Å². The lowest BCUT2D eigenvalue weighted by atomic mass is 10.1. The fourth-order valence-corrected chi connectivity index (χ4v) is 3.93. The van der Waals surface area contributed by atoms with Gasteiger partial charge in [-0.05, 0) is 40.5 Å². The van der Waals surface area contributed by atoms with E-state index in [2.05, 4.69) is 0 Å². The molecule has 0 saturated carbocycles. The predicted octanol–water partition coefficient (Wildman–Crippen LogP) is 2.94. The molecule has 0 aromatic carbocycles. The number of hydrogen-bond donors (Lipinski definition) is 0. The summed E-state index contributed by atoms with van der Waals surface area (Å²) in [5.74, 6) is -0.573. The van der Waals surface area contributed by atoms with Gasteiger partial charge in [0.2, 0.25) is 0 Å². The van der Waals surface area contributed by atoms with Crippen molar-refractivity contribution < 1.29 is 27.9 Å². The lowest BCUT2D eigenvalue weighted by Crippen LogP contribution is -2.22. The first-order valence-corrected chi connectivity index (χ1v) is 8.57. The fourth-order valence-electron chi connectivity index (χ4n) is 1.83. The molecule has 0 aromatic heterocycles. The minimum absolute atomic E-state index is 0.190. The summed E-state index contributed by atoms with van der Waals surface area (Å²) in [4.78, 5) is 23.0. The standard InChI is InChI=1S/C13H25O6P/c1-5-17-13(15)10-8-9-12(11(4)14)20(16,18-6-2)19-7-3/h12H,5-10H2,1-4H3. The van der Waals surface area contributed by atoms with Crippen molar-refractivity contribution in [1.82, 2.24) is 0 Å². The summed E-state index contributed by atoms with van der Waals surface area (Å²) in [7, 11) is -3.46. The van der Waals surface area contributed by atoms with E-state index in [0.29, 0.717) is 13.0 Å². The molecular formula is C13H25O6P. The predicted molar refractivity (Wildman–Crippen MR) is 75.8 cm³/mol. The molecule has 0 spiro atoms. The molecule has 0 radical (unpaired) electrons. The number of ketones is 1. The molecule has 0 rings (SSSR count). The molecule has 7 heteroatoms. The van der Waals surface area contributed by atoms with Crippen LogP contribution in [-0.2, 0) is 27.9 Å². The van der Waals surface area contributed by atoms with Crippen molar-refractivity contribution in [3.05, 3.63) is 0 Å². The Morgan fingerprint density at radius 2 is 1.60 bits per heavy atom. The zero-order chi connectivity index (χ0) is 15.6. The van der Waals surface area contributed by atoms with E-state index in [-0.39, 0.29) is 37.8 Å². The SMILES string of the molecule is CCOC(=O)CCCC(C(C)=O)P(=O)(OCC)OCC. The summed E-state index contributed by atoms with van der Waals surface area (Å²) >= 11 is 0. The van der Waals surface area contributed by atoms with Gasteiger partial charge in [0.25, 0.3) is 0 Å². The van der Waals surface area contributed by atoms with Gasteiger partial charge in [-0.2, -0.15) is 0 Å². The van der Waals surface area contributed by atoms with Crippen molar-refractivity contribution in [3.8, 4) is 0 Å². The van der Waals surface area contributed by atoms with E-state index in [1.807, 2.05) is 0 Å². The molecule has 0 aliphatic heterocycles. The van der Waals surface area contributed by atoms with Crippen LogP contribution in [0.5, 0.6) is 0 Å². The highest BCUT2D eigenvalue weighted by molar-refractivity contribution is 7.55. The van der Waals surface area contributed by atoms with Crippen LogP contribution in [0.4, 0.5) is 0 Å². The number of carbonyl (C=O) groups is 2. The molecule has 6 nitrogen and oxygen atoms in total. The molecule has 0 aliphatic rings. The minimum atomic E-state index is -3.46. The van der Waals surface area contributed by atoms with E-state index < -0.39 is 13.3 Å². The monoisotopic (exact) mass is 308 g/mol. The normalized spacial score (nSPS) is 13.0. The summed E-state index contributed by atoms with van der Waals surface area (Å²) in [5, 5.41) is 0. The Kier molecular flexibility index (Phi) is 9.72. The quantitative estimate of drug-likeness (QED) is 0.431. The number of carbonyl (C=O) groups excluding carboxylic acids is 2. The first-order valence-electron chi connectivity index (χ1n) is 6.96. The topological polar surface area (TPSA) is 78.9 Å². The first-order chi connectivity index (χ1) is 9.41. The van der Waals surface area contributed by atoms with Gasteiger partial charge in [-0.15, -0.1) is 0 Å². The van der Waals surface area contributed by atoms with Gasteiger partial charge in [-0.3, -0.25) is 14.2 Å². The average Bonchev–Trinajstić information content (AvgIpc) is 2.34. The van der Waals surface area contributed by atoms with Crippen LogP contribution in [-0.4, -0.2) is 37.2 Å². The van der Waals surface area contributed by atoms with Crippen molar-refractivity contribution in [2.75, 3.05) is 19.8 Å². The molecule has 1 unspecified atom stereocenters. The Balaban J connectivity index is 4.65. The lowest BCUT2D eigenvalue weighted by molar-refractivity contribution is -0.143. The van der Waals surface area contributed by atoms with Crippen molar-refractivity contribution in [2.45, 2.75) is 52.6 Å². The third kappa shape index (κ3) is 6.64. The van der Waals surface area contributed by atoms with Gasteiger partial charge in [0.05, 0.1) is 19.8 Å². The Bertz CT molecular complexity index is 345. The number of esters is 1. The minimum Gasteiger partial charge on any atom is -0.466 e. The third-order valence-electron chi connectivity index (χ3n) is 2.63. The largest absolute Gasteiger partial charge is 0.466 e. The van der Waals surface area contributed by atoms with Crippen LogP contribution in [0.15, 0.2) is 0 Å². The van der Waals surface area contributed by atoms with Crippen molar-refractivity contribution in [2.24, 2.45) is 0 Å². The highest BCUT2D eigenvalue weighted by Crippen LogP contribution is 2.54. The molecule has 0 amide bonds. The maximum Gasteiger partial charge on any atom is 0.341 e. The van der Waals surface area contributed by atoms with Gasteiger partial charge in [-0.1, -0.05) is 0 Å². The molecule has 0 saturated heterocycles. The van der Waals surface area contributed by atoms with E-state index in [0.717, 1.165) is 0 Å². The Morgan fingerprint density at radius 3 is 2.00 bits per heavy atom. The van der Waals surface area contributed by atoms with Gasteiger partial charge in [0.15, 0.2) is 0 Å². The van der Waals surface area contributed by atoms with Crippen LogP contribution in [0.2, 0.25) is 0 Å². The second-order valence-corrected chi connectivity index (χ2v) is 6.42. The summed E-state index contributed by atoms with van der Waals surface area (Å²) < 4.78 is 27.8. The third-order valence-corrected chi connectivity index (χ3v) is 5.25. The van der Waals surface area contributed by atoms with Crippen molar-refractivity contribution in [1.29, 1.82) is 0 Å². The summed E-state index contributed by atoms with van der Waals surface area (Å²) in [6.07, 6.45) is 0.883. The van der Waals surface area contributed by atoms with E-state index in [1.165, 1.54) is 6.92 Å². The van der Waals surface area contributed by atoms with Crippen LogP contribution >= 0.6 is 7.60 Å². The molecule has 0 bridgehead atoms. The Morgan fingerprint density at radius 1 is 1.05 bits per heavy atom. The number of hydrogen-bond acceptors (Lipinski definition) is 6. The molecule has 0 heterocycles. The van der Waals surface area contributed by atoms with Gasteiger partial charge in [-0.25, -0.2) is 0 Å². The van der Waals surface area contributed by atoms with Gasteiger partial charge >= 0.3 is 13.6 Å². The van der Waals surface area contributed by atoms with E-state index in [4.69, 9.17) is 13.8 Å². The lowest BCUT2D eigenvalue weighted by Gasteiger charge is -2.24. The van der Waals surface area contributed by atoms with Crippen LogP contribution in [0.25, 0.3) is 0 Å². The number of Topliss-reactive ketones (excluding diaryl/α,β-unsaturated/α-hetero) is 1. The van der Waals surface area contributed by atoms with Crippen LogP contribution < -0.4 is 0 Å². The summed E-state index contributed by atoms with van der Waals surface area (Å²) in [5.41, 5.74) is -0.822. The van der Waals surface area contributed by atoms with Gasteiger partial charge in [0, 0.05) is 6.42 Å². The fraction of sp³-hybridized carbons (Fsp3) is 0.846. The van der Waals surface area contributed by atoms with Gasteiger partial charge in [0.1, 0.15) is 11.4 Å². The molecular weight excluding hydrogens is 283 g/mol. The number of ether oxygens (including phenoxy) is 1. The van der Waals surface area contributed by atoms with Crippen LogP contribution in [0.1, 0.15) is 47.0 Å². The van der Waals surface area contributed by atoms with E-state index in [1.54, 1.807) is 20.8 Å². The zero-order valence-corrected chi connectivity index (χ0v) is 13.6. The molecule has 118 valence electrons. The summed E-state index contributed by atoms with van der Waals surface area (Å²) in [6, 6.07) is 0. The molecule has 0 aliphatic carbocycles. The smallest absolute Gasteiger partial charge is 0.341 e. The molecule has 0 aromatic rings. The molecule has 0 N–H and O–H groups in total. The Labute approximate surface area is 120 Å². The van der Waals surface area contributed by atoms with Crippen LogP contribution in [0, 0.1) is 0 Å². The average molecular weight is 308 g/mol. The van der Waals surface area contributed by atoms with Gasteiger partial charge < -0.3 is 13.8 Å². The summed E-state index contributed by atoms with van der Waals surface area (Å²) in [6.45, 7) is 7.22. The highest BCUT2D eigenvalue weighted by Gasteiger charge is 2.38. The maximum absolute atomic E-state index is 12.6. The molecule has 1 atom stereocenters. The Hall–Kier alpha value is -0.710. The maximum atomic E-state index is 12.6. The molecule has 0 fully saturated rings. The number of rotatable bonds is 11.